The second kappa shape index (κ2) is 8.75. The van der Waals surface area contributed by atoms with Crippen LogP contribution in [0.3, 0.4) is 0 Å². The summed E-state index contributed by atoms with van der Waals surface area (Å²) < 4.78 is 4.83. The third kappa shape index (κ3) is 9.56. The molecule has 1 saturated heterocycles. The van der Waals surface area contributed by atoms with Crippen molar-refractivity contribution >= 4 is 11.9 Å². The van der Waals surface area contributed by atoms with Gasteiger partial charge in [0.15, 0.2) is 0 Å². The van der Waals surface area contributed by atoms with Crippen LogP contribution in [0.1, 0.15) is 19.8 Å². The van der Waals surface area contributed by atoms with Gasteiger partial charge < -0.3 is 15.0 Å². The monoisotopic (exact) mass is 242 g/mol. The highest BCUT2D eigenvalue weighted by molar-refractivity contribution is 5.86. The lowest BCUT2D eigenvalue weighted by molar-refractivity contribution is -0.139. The van der Waals surface area contributed by atoms with Crippen LogP contribution in [-0.2, 0) is 14.3 Å². The number of carbonyl (C=O) groups is 2. The first-order chi connectivity index (χ1) is 7.93. The maximum Gasteiger partial charge on any atom is 0.333 e. The van der Waals surface area contributed by atoms with E-state index in [1.807, 2.05) is 19.0 Å². The molecule has 1 heterocycles. The normalized spacial score (nSPS) is 13.8. The third-order valence-electron chi connectivity index (χ3n) is 2.02. The highest BCUT2D eigenvalue weighted by Gasteiger charge is 2.05. The summed E-state index contributed by atoms with van der Waals surface area (Å²) in [7, 11) is 3.85. The van der Waals surface area contributed by atoms with Gasteiger partial charge in [0, 0.05) is 25.1 Å². The Morgan fingerprint density at radius 1 is 1.53 bits per heavy atom. The first kappa shape index (κ1) is 15.6. The third-order valence-corrected chi connectivity index (χ3v) is 2.02. The summed E-state index contributed by atoms with van der Waals surface area (Å²) in [6.07, 6.45) is 1.76. The van der Waals surface area contributed by atoms with Gasteiger partial charge in [-0.2, -0.15) is 0 Å². The van der Waals surface area contributed by atoms with E-state index in [0.717, 1.165) is 25.9 Å². The molecule has 98 valence electrons. The van der Waals surface area contributed by atoms with E-state index in [9.17, 15) is 9.59 Å². The second-order valence-corrected chi connectivity index (χ2v) is 4.17. The number of hydrogen-bond donors (Lipinski definition) is 1. The van der Waals surface area contributed by atoms with E-state index < -0.39 is 0 Å². The maximum atomic E-state index is 10.8. The number of rotatable bonds is 4. The Morgan fingerprint density at radius 3 is 2.47 bits per heavy atom. The van der Waals surface area contributed by atoms with Crippen molar-refractivity contribution in [3.05, 3.63) is 12.2 Å². The van der Waals surface area contributed by atoms with E-state index in [0.29, 0.717) is 12.2 Å². The minimum absolute atomic E-state index is 0.204. The van der Waals surface area contributed by atoms with Crippen molar-refractivity contribution in [2.75, 3.05) is 33.8 Å². The highest BCUT2D eigenvalue weighted by atomic mass is 16.5. The van der Waals surface area contributed by atoms with Gasteiger partial charge in [-0.25, -0.2) is 4.79 Å². The van der Waals surface area contributed by atoms with Crippen LogP contribution in [0, 0.1) is 0 Å². The average Bonchev–Trinajstić information content (AvgIpc) is 2.69. The first-order valence-corrected chi connectivity index (χ1v) is 5.67. The minimum Gasteiger partial charge on any atom is -0.461 e. The summed E-state index contributed by atoms with van der Waals surface area (Å²) in [5.41, 5.74) is 0.448. The molecule has 1 aliphatic rings. The summed E-state index contributed by atoms with van der Waals surface area (Å²) in [5.74, 6) is -0.109. The number of ether oxygens (including phenoxy) is 1. The second-order valence-electron chi connectivity index (χ2n) is 4.17. The lowest BCUT2D eigenvalue weighted by Crippen LogP contribution is -2.20. The first-order valence-electron chi connectivity index (χ1n) is 5.67. The van der Waals surface area contributed by atoms with Crippen LogP contribution in [0.4, 0.5) is 0 Å². The van der Waals surface area contributed by atoms with E-state index in [-0.39, 0.29) is 11.9 Å². The minimum atomic E-state index is -0.313. The van der Waals surface area contributed by atoms with E-state index in [1.165, 1.54) is 0 Å². The SMILES string of the molecule is C=C(C)C(=O)OCCN(C)C.O=C1CCCN1. The molecule has 1 fully saturated rings. The molecule has 0 aliphatic carbocycles. The molecule has 1 rings (SSSR count). The van der Waals surface area contributed by atoms with Crippen LogP contribution in [-0.4, -0.2) is 50.6 Å². The van der Waals surface area contributed by atoms with Gasteiger partial charge in [-0.15, -0.1) is 0 Å². The Kier molecular flexibility index (Phi) is 8.05. The van der Waals surface area contributed by atoms with Crippen LogP contribution in [0.15, 0.2) is 12.2 Å². The maximum absolute atomic E-state index is 10.8. The predicted octanol–water partition coefficient (Wildman–Crippen LogP) is 0.564. The molecule has 0 radical (unpaired) electrons. The van der Waals surface area contributed by atoms with Crippen molar-refractivity contribution in [1.29, 1.82) is 0 Å². The Balaban J connectivity index is 0.000000354. The van der Waals surface area contributed by atoms with Gasteiger partial charge in [0.05, 0.1) is 0 Å². The zero-order valence-electron chi connectivity index (χ0n) is 10.9. The van der Waals surface area contributed by atoms with Crippen LogP contribution in [0.5, 0.6) is 0 Å². The molecule has 0 spiro atoms. The molecular weight excluding hydrogens is 220 g/mol. The Hall–Kier alpha value is -1.36. The van der Waals surface area contributed by atoms with Gasteiger partial charge in [0.2, 0.25) is 5.91 Å². The van der Waals surface area contributed by atoms with Crippen LogP contribution < -0.4 is 5.32 Å². The molecule has 0 bridgehead atoms. The summed E-state index contributed by atoms with van der Waals surface area (Å²) in [4.78, 5) is 22.9. The van der Waals surface area contributed by atoms with Gasteiger partial charge in [-0.3, -0.25) is 4.79 Å². The number of likely N-dealkylation sites (N-methyl/N-ethyl adjacent to an activating group) is 1. The molecule has 1 N–H and O–H groups in total. The number of nitrogens with zero attached hydrogens (tertiary/aromatic N) is 1. The zero-order valence-corrected chi connectivity index (χ0v) is 10.9. The molecule has 0 aromatic rings. The van der Waals surface area contributed by atoms with Gasteiger partial charge in [-0.05, 0) is 27.4 Å². The Labute approximate surface area is 103 Å². The summed E-state index contributed by atoms with van der Waals surface area (Å²) in [5, 5.41) is 2.68. The Morgan fingerprint density at radius 2 is 2.18 bits per heavy atom. The van der Waals surface area contributed by atoms with Crippen molar-refractivity contribution < 1.29 is 14.3 Å². The van der Waals surface area contributed by atoms with Crippen molar-refractivity contribution in [3.8, 4) is 0 Å². The van der Waals surface area contributed by atoms with Crippen LogP contribution in [0.2, 0.25) is 0 Å². The number of hydrogen-bond acceptors (Lipinski definition) is 4. The number of carbonyl (C=O) groups excluding carboxylic acids is 2. The summed E-state index contributed by atoms with van der Waals surface area (Å²) in [6.45, 7) is 7.17. The van der Waals surface area contributed by atoms with Crippen molar-refractivity contribution in [3.63, 3.8) is 0 Å². The summed E-state index contributed by atoms with van der Waals surface area (Å²) >= 11 is 0. The molecule has 1 amide bonds. The van der Waals surface area contributed by atoms with Gasteiger partial charge >= 0.3 is 5.97 Å². The van der Waals surface area contributed by atoms with Gasteiger partial charge in [0.1, 0.15) is 6.61 Å². The lowest BCUT2D eigenvalue weighted by atomic mass is 10.4. The lowest BCUT2D eigenvalue weighted by Gasteiger charge is -2.09. The number of esters is 1. The Bertz CT molecular complexity index is 267. The van der Waals surface area contributed by atoms with Gasteiger partial charge in [-0.1, -0.05) is 6.58 Å². The molecule has 0 aromatic carbocycles. The molecule has 0 aromatic heterocycles. The van der Waals surface area contributed by atoms with Crippen molar-refractivity contribution in [2.24, 2.45) is 0 Å². The molecule has 0 atom stereocenters. The van der Waals surface area contributed by atoms with Crippen molar-refractivity contribution in [2.45, 2.75) is 19.8 Å². The number of amides is 1. The topological polar surface area (TPSA) is 58.6 Å². The quantitative estimate of drug-likeness (QED) is 0.578. The standard InChI is InChI=1S/C8H15NO2.C4H7NO/c1-7(2)8(10)11-6-5-9(3)4;6-4-2-1-3-5-4/h1,5-6H2,2-4H3;1-3H2,(H,5,6). The van der Waals surface area contributed by atoms with E-state index in [4.69, 9.17) is 4.74 Å². The molecule has 5 heteroatoms. The van der Waals surface area contributed by atoms with Gasteiger partial charge in [0.25, 0.3) is 0 Å². The molecule has 17 heavy (non-hydrogen) atoms. The number of nitrogens with one attached hydrogen (secondary N) is 1. The molecule has 0 saturated carbocycles. The highest BCUT2D eigenvalue weighted by Crippen LogP contribution is 1.93. The van der Waals surface area contributed by atoms with E-state index >= 15 is 0 Å². The fraction of sp³-hybridized carbons (Fsp3) is 0.667. The fourth-order valence-electron chi connectivity index (χ4n) is 1.01. The largest absolute Gasteiger partial charge is 0.461 e. The predicted molar refractivity (Wildman–Crippen MR) is 66.6 cm³/mol. The van der Waals surface area contributed by atoms with E-state index in [1.54, 1.807) is 6.92 Å². The van der Waals surface area contributed by atoms with Crippen molar-refractivity contribution in [1.82, 2.24) is 10.2 Å². The van der Waals surface area contributed by atoms with Crippen LogP contribution >= 0.6 is 0 Å². The average molecular weight is 242 g/mol. The van der Waals surface area contributed by atoms with Crippen LogP contribution in [0.25, 0.3) is 0 Å². The van der Waals surface area contributed by atoms with E-state index in [2.05, 4.69) is 11.9 Å². The zero-order chi connectivity index (χ0) is 13.3. The molecular formula is C12H22N2O3. The molecule has 0 unspecified atom stereocenters. The summed E-state index contributed by atoms with van der Waals surface area (Å²) in [6, 6.07) is 0. The molecule has 1 aliphatic heterocycles. The fourth-order valence-corrected chi connectivity index (χ4v) is 1.01. The molecule has 5 nitrogen and oxygen atoms in total. The smallest absolute Gasteiger partial charge is 0.333 e.